The molecule has 22 heavy (non-hydrogen) atoms. The number of nitrogens with one attached hydrogen (secondary N) is 1. The number of benzene rings is 2. The molecule has 3 aromatic rings. The summed E-state index contributed by atoms with van der Waals surface area (Å²) in [5.74, 6) is 1.27. The zero-order valence-electron chi connectivity index (χ0n) is 12.2. The number of para-hydroxylation sites is 1. The summed E-state index contributed by atoms with van der Waals surface area (Å²) in [5.41, 5.74) is 3.42. The van der Waals surface area contributed by atoms with Crippen LogP contribution in [0.2, 0.25) is 0 Å². The Morgan fingerprint density at radius 2 is 2.09 bits per heavy atom. The van der Waals surface area contributed by atoms with Gasteiger partial charge in [-0.15, -0.1) is 11.8 Å². The standard InChI is InChI=1S/C17H16N2OS2/c1-12-5-4-6-13(9-12)10-21-11-16(20)19-17-18-14-7-2-3-8-15(14)22-17/h2-9H,10-11H2,1H3,(H,18,19,20). The molecule has 1 N–H and O–H groups in total. The average molecular weight is 328 g/mol. The van der Waals surface area contributed by atoms with Gasteiger partial charge in [-0.1, -0.05) is 53.3 Å². The zero-order valence-corrected chi connectivity index (χ0v) is 13.8. The number of amides is 1. The zero-order chi connectivity index (χ0) is 15.4. The number of nitrogens with zero attached hydrogens (tertiary/aromatic N) is 1. The first kappa shape index (κ1) is 15.1. The predicted octanol–water partition coefficient (Wildman–Crippen LogP) is 4.48. The molecule has 0 aliphatic carbocycles. The van der Waals surface area contributed by atoms with Gasteiger partial charge in [-0.25, -0.2) is 4.98 Å². The molecule has 0 saturated heterocycles. The Bertz CT molecular complexity index is 765. The second-order valence-corrected chi connectivity index (χ2v) is 7.03. The third kappa shape index (κ3) is 3.87. The Morgan fingerprint density at radius 3 is 2.91 bits per heavy atom. The molecule has 1 heterocycles. The number of rotatable bonds is 5. The maximum Gasteiger partial charge on any atom is 0.236 e. The van der Waals surface area contributed by atoms with E-state index in [0.29, 0.717) is 10.9 Å². The molecule has 0 fully saturated rings. The summed E-state index contributed by atoms with van der Waals surface area (Å²) in [7, 11) is 0. The number of hydrogen-bond acceptors (Lipinski definition) is 4. The van der Waals surface area contributed by atoms with Gasteiger partial charge in [0.15, 0.2) is 5.13 Å². The SMILES string of the molecule is Cc1cccc(CSCC(=O)Nc2nc3ccccc3s2)c1. The Kier molecular flexibility index (Phi) is 4.75. The number of fused-ring (bicyclic) bond motifs is 1. The lowest BCUT2D eigenvalue weighted by Crippen LogP contribution is -2.13. The number of hydrogen-bond donors (Lipinski definition) is 1. The van der Waals surface area contributed by atoms with Crippen molar-refractivity contribution in [2.45, 2.75) is 12.7 Å². The first-order valence-electron chi connectivity index (χ1n) is 6.99. The summed E-state index contributed by atoms with van der Waals surface area (Å²) in [6.45, 7) is 2.08. The number of anilines is 1. The van der Waals surface area contributed by atoms with E-state index in [1.807, 2.05) is 30.3 Å². The molecule has 0 aliphatic heterocycles. The van der Waals surface area contributed by atoms with E-state index >= 15 is 0 Å². The van der Waals surface area contributed by atoms with Crippen LogP contribution in [0.25, 0.3) is 10.2 Å². The van der Waals surface area contributed by atoms with E-state index in [1.165, 1.54) is 22.5 Å². The molecule has 1 aromatic heterocycles. The molecule has 0 bridgehead atoms. The van der Waals surface area contributed by atoms with Crippen molar-refractivity contribution in [3.05, 3.63) is 59.7 Å². The minimum atomic E-state index is -0.00305. The van der Waals surface area contributed by atoms with Crippen molar-refractivity contribution in [2.24, 2.45) is 0 Å². The lowest BCUT2D eigenvalue weighted by Gasteiger charge is -2.03. The number of carbonyl (C=O) groups excluding carboxylic acids is 1. The predicted molar refractivity (Wildman–Crippen MR) is 95.6 cm³/mol. The third-order valence-corrected chi connectivity index (χ3v) is 5.08. The van der Waals surface area contributed by atoms with Gasteiger partial charge in [0.05, 0.1) is 16.0 Å². The van der Waals surface area contributed by atoms with Crippen molar-refractivity contribution in [3.63, 3.8) is 0 Å². The fourth-order valence-electron chi connectivity index (χ4n) is 2.14. The molecule has 2 aromatic carbocycles. The number of aryl methyl sites for hydroxylation is 1. The Labute approximate surface area is 137 Å². The first-order chi connectivity index (χ1) is 10.7. The molecule has 5 heteroatoms. The maximum absolute atomic E-state index is 12.0. The highest BCUT2D eigenvalue weighted by Crippen LogP contribution is 2.25. The van der Waals surface area contributed by atoms with Crippen LogP contribution >= 0.6 is 23.1 Å². The minimum Gasteiger partial charge on any atom is -0.301 e. The highest BCUT2D eigenvalue weighted by Gasteiger charge is 2.07. The molecule has 0 radical (unpaired) electrons. The van der Waals surface area contributed by atoms with Gasteiger partial charge in [0, 0.05) is 5.75 Å². The summed E-state index contributed by atoms with van der Waals surface area (Å²) < 4.78 is 1.09. The second-order valence-electron chi connectivity index (χ2n) is 5.02. The summed E-state index contributed by atoms with van der Waals surface area (Å²) in [6.07, 6.45) is 0. The fourth-order valence-corrected chi connectivity index (χ4v) is 3.80. The third-order valence-electron chi connectivity index (χ3n) is 3.12. The molecule has 3 nitrogen and oxygen atoms in total. The van der Waals surface area contributed by atoms with Crippen LogP contribution < -0.4 is 5.32 Å². The van der Waals surface area contributed by atoms with Gasteiger partial charge in [-0.3, -0.25) is 4.79 Å². The molecule has 0 saturated carbocycles. The van der Waals surface area contributed by atoms with E-state index in [9.17, 15) is 4.79 Å². The number of thiazole rings is 1. The van der Waals surface area contributed by atoms with Gasteiger partial charge in [0.1, 0.15) is 0 Å². The van der Waals surface area contributed by atoms with E-state index < -0.39 is 0 Å². The van der Waals surface area contributed by atoms with Crippen molar-refractivity contribution < 1.29 is 4.79 Å². The van der Waals surface area contributed by atoms with Crippen LogP contribution in [0.15, 0.2) is 48.5 Å². The molecule has 1 amide bonds. The lowest BCUT2D eigenvalue weighted by molar-refractivity contribution is -0.113. The summed E-state index contributed by atoms with van der Waals surface area (Å²) >= 11 is 3.12. The molecule has 0 aliphatic rings. The molecule has 0 atom stereocenters. The Balaban J connectivity index is 1.52. The van der Waals surface area contributed by atoms with Gasteiger partial charge in [0.25, 0.3) is 0 Å². The fraction of sp³-hybridized carbons (Fsp3) is 0.176. The van der Waals surface area contributed by atoms with Crippen molar-refractivity contribution in [2.75, 3.05) is 11.1 Å². The van der Waals surface area contributed by atoms with Gasteiger partial charge >= 0.3 is 0 Å². The van der Waals surface area contributed by atoms with Crippen molar-refractivity contribution in [3.8, 4) is 0 Å². The van der Waals surface area contributed by atoms with Gasteiger partial charge < -0.3 is 5.32 Å². The molecular weight excluding hydrogens is 312 g/mol. The summed E-state index contributed by atoms with van der Waals surface area (Å²) in [5, 5.41) is 3.55. The average Bonchev–Trinajstić information content (AvgIpc) is 2.89. The molecule has 0 spiro atoms. The Hall–Kier alpha value is -1.85. The second kappa shape index (κ2) is 6.94. The van der Waals surface area contributed by atoms with Gasteiger partial charge in [-0.05, 0) is 24.6 Å². The topological polar surface area (TPSA) is 42.0 Å². The monoisotopic (exact) mass is 328 g/mol. The van der Waals surface area contributed by atoms with E-state index in [2.05, 4.69) is 35.4 Å². The normalized spacial score (nSPS) is 10.8. The quantitative estimate of drug-likeness (QED) is 0.751. The van der Waals surface area contributed by atoms with Crippen LogP contribution in [0.3, 0.4) is 0 Å². The smallest absolute Gasteiger partial charge is 0.236 e. The summed E-state index contributed by atoms with van der Waals surface area (Å²) in [6, 6.07) is 16.3. The van der Waals surface area contributed by atoms with Crippen molar-refractivity contribution in [1.82, 2.24) is 4.98 Å². The van der Waals surface area contributed by atoms with Crippen molar-refractivity contribution >= 4 is 44.4 Å². The minimum absolute atomic E-state index is 0.00305. The molecule has 112 valence electrons. The lowest BCUT2D eigenvalue weighted by atomic mass is 10.2. The van der Waals surface area contributed by atoms with E-state index in [1.54, 1.807) is 11.8 Å². The van der Waals surface area contributed by atoms with Crippen LogP contribution in [-0.2, 0) is 10.5 Å². The summed E-state index contributed by atoms with van der Waals surface area (Å²) in [4.78, 5) is 16.4. The molecular formula is C17H16N2OS2. The number of carbonyl (C=O) groups is 1. The van der Waals surface area contributed by atoms with E-state index in [4.69, 9.17) is 0 Å². The van der Waals surface area contributed by atoms with Crippen LogP contribution in [0.4, 0.5) is 5.13 Å². The first-order valence-corrected chi connectivity index (χ1v) is 8.96. The van der Waals surface area contributed by atoms with E-state index in [-0.39, 0.29) is 5.91 Å². The highest BCUT2D eigenvalue weighted by atomic mass is 32.2. The maximum atomic E-state index is 12.0. The number of aromatic nitrogens is 1. The molecule has 3 rings (SSSR count). The highest BCUT2D eigenvalue weighted by molar-refractivity contribution is 7.99. The van der Waals surface area contributed by atoms with Crippen LogP contribution in [-0.4, -0.2) is 16.6 Å². The van der Waals surface area contributed by atoms with Crippen LogP contribution in [0.1, 0.15) is 11.1 Å². The van der Waals surface area contributed by atoms with Crippen LogP contribution in [0, 0.1) is 6.92 Å². The largest absolute Gasteiger partial charge is 0.301 e. The van der Waals surface area contributed by atoms with Crippen LogP contribution in [0.5, 0.6) is 0 Å². The Morgan fingerprint density at radius 1 is 1.23 bits per heavy atom. The molecule has 0 unspecified atom stereocenters. The van der Waals surface area contributed by atoms with E-state index in [0.717, 1.165) is 16.0 Å². The van der Waals surface area contributed by atoms with Crippen molar-refractivity contribution in [1.29, 1.82) is 0 Å². The number of thioether (sulfide) groups is 1. The van der Waals surface area contributed by atoms with Gasteiger partial charge in [0.2, 0.25) is 5.91 Å². The van der Waals surface area contributed by atoms with Gasteiger partial charge in [-0.2, -0.15) is 0 Å².